The Morgan fingerprint density at radius 3 is 2.40 bits per heavy atom. The Labute approximate surface area is 245 Å². The number of aliphatic hydroxyl groups excluding tert-OH is 2. The van der Waals surface area contributed by atoms with Gasteiger partial charge in [-0.1, -0.05) is 45.5 Å². The third-order valence-corrected chi connectivity index (χ3v) is 10.9. The molecule has 11 atom stereocenters. The molecule has 0 amide bonds. The highest BCUT2D eigenvalue weighted by atomic mass is 16.7. The van der Waals surface area contributed by atoms with E-state index in [1.165, 1.54) is 13.0 Å². The van der Waals surface area contributed by atoms with Crippen LogP contribution in [0.15, 0.2) is 54.1 Å². The van der Waals surface area contributed by atoms with Gasteiger partial charge in [-0.2, -0.15) is 0 Å². The fourth-order valence-electron chi connectivity index (χ4n) is 8.62. The number of fused-ring (bicyclic) bond motifs is 8. The van der Waals surface area contributed by atoms with E-state index in [1.54, 1.807) is 37.3 Å². The van der Waals surface area contributed by atoms with Crippen LogP contribution in [0.2, 0.25) is 0 Å². The molecule has 1 unspecified atom stereocenters. The topological polar surface area (TPSA) is 141 Å². The number of rotatable bonds is 4. The van der Waals surface area contributed by atoms with Crippen molar-refractivity contribution < 1.29 is 48.6 Å². The van der Waals surface area contributed by atoms with E-state index < -0.39 is 82.8 Å². The Morgan fingerprint density at radius 2 is 1.81 bits per heavy atom. The van der Waals surface area contributed by atoms with Gasteiger partial charge >= 0.3 is 11.9 Å². The molecular weight excluding hydrogens is 544 g/mol. The van der Waals surface area contributed by atoms with Gasteiger partial charge in [0.1, 0.15) is 23.9 Å². The molecule has 228 valence electrons. The van der Waals surface area contributed by atoms with Gasteiger partial charge in [-0.05, 0) is 36.3 Å². The van der Waals surface area contributed by atoms with Gasteiger partial charge in [0.25, 0.3) is 0 Å². The number of aliphatic hydroxyl groups is 3. The molecule has 6 rings (SSSR count). The number of benzene rings is 1. The molecule has 0 spiro atoms. The average Bonchev–Trinajstić information content (AvgIpc) is 3.36. The van der Waals surface area contributed by atoms with Crippen molar-refractivity contribution in [3.63, 3.8) is 0 Å². The fourth-order valence-corrected chi connectivity index (χ4v) is 8.62. The van der Waals surface area contributed by atoms with Crippen molar-refractivity contribution >= 4 is 11.9 Å². The summed E-state index contributed by atoms with van der Waals surface area (Å²) >= 11 is 0. The standard InChI is InChI=1S/C32H40O10/c1-7-22-39-24-23-16(2)19(34)14-32(37,29(23,4)5)27(41-28(36)18-11-9-8-10-12-18)25-30(6,26(24)40-22)20(35)13-21-31(25,15-38-21)42-17(3)33/h7-12,19-22,24-27,34-35,37H,1,13-15H2,2-6H3/t19-,20-,21+,22?,24+,25-,26+,27-,30+,31-,32+/m0/s1. The van der Waals surface area contributed by atoms with Crippen LogP contribution in [0.1, 0.15) is 57.8 Å². The average molecular weight is 585 g/mol. The second kappa shape index (κ2) is 9.70. The molecule has 2 bridgehead atoms. The van der Waals surface area contributed by atoms with Crippen LogP contribution in [-0.4, -0.2) is 88.0 Å². The second-order valence-corrected chi connectivity index (χ2v) is 13.2. The zero-order valence-electron chi connectivity index (χ0n) is 24.6. The first kappa shape index (κ1) is 29.5. The summed E-state index contributed by atoms with van der Waals surface area (Å²) in [6, 6.07) is 8.40. The van der Waals surface area contributed by atoms with Crippen LogP contribution in [0.3, 0.4) is 0 Å². The molecule has 1 aromatic carbocycles. The highest BCUT2D eigenvalue weighted by Crippen LogP contribution is 2.66. The van der Waals surface area contributed by atoms with E-state index in [4.69, 9.17) is 23.7 Å². The van der Waals surface area contributed by atoms with E-state index in [-0.39, 0.29) is 25.0 Å². The van der Waals surface area contributed by atoms with Crippen molar-refractivity contribution in [1.29, 1.82) is 0 Å². The van der Waals surface area contributed by atoms with Gasteiger partial charge in [0.2, 0.25) is 0 Å². The zero-order valence-corrected chi connectivity index (χ0v) is 24.6. The molecule has 2 aliphatic heterocycles. The number of carbonyl (C=O) groups is 2. The summed E-state index contributed by atoms with van der Waals surface area (Å²) in [7, 11) is 0. The summed E-state index contributed by atoms with van der Waals surface area (Å²) in [4.78, 5) is 26.5. The first-order valence-electron chi connectivity index (χ1n) is 14.5. The third-order valence-electron chi connectivity index (χ3n) is 10.9. The zero-order chi connectivity index (χ0) is 30.4. The lowest BCUT2D eigenvalue weighted by Crippen LogP contribution is -2.82. The van der Waals surface area contributed by atoms with Crippen molar-refractivity contribution in [1.82, 2.24) is 0 Å². The van der Waals surface area contributed by atoms with Crippen molar-refractivity contribution in [2.45, 2.75) is 102 Å². The van der Waals surface area contributed by atoms with Gasteiger partial charge in [-0.3, -0.25) is 4.79 Å². The van der Waals surface area contributed by atoms with Crippen LogP contribution in [0.5, 0.6) is 0 Å². The SMILES string of the molecule is C=CC1O[C@@H]2C3=C(C)[C@@H](O)C[C@@](O)([C@@H](OC(=O)c4ccccc4)[C@@H]4[C@]5(OC(C)=O)CO[C@@H]5C[C@H](O)[C@@]4(C)[C@@H]2O1)C3(C)C. The summed E-state index contributed by atoms with van der Waals surface area (Å²) in [5, 5.41) is 36.4. The first-order chi connectivity index (χ1) is 19.7. The van der Waals surface area contributed by atoms with Crippen LogP contribution in [0.4, 0.5) is 0 Å². The van der Waals surface area contributed by atoms with Crippen LogP contribution >= 0.6 is 0 Å². The maximum Gasteiger partial charge on any atom is 0.338 e. The van der Waals surface area contributed by atoms with Gasteiger partial charge in [0.15, 0.2) is 11.9 Å². The summed E-state index contributed by atoms with van der Waals surface area (Å²) in [6.07, 6.45) is -5.34. The molecule has 0 aromatic heterocycles. The lowest BCUT2D eigenvalue weighted by atomic mass is 9.44. The second-order valence-electron chi connectivity index (χ2n) is 13.2. The monoisotopic (exact) mass is 584 g/mol. The number of hydrogen-bond donors (Lipinski definition) is 3. The van der Waals surface area contributed by atoms with Crippen LogP contribution in [0.25, 0.3) is 0 Å². The molecule has 5 aliphatic rings. The molecule has 2 saturated carbocycles. The third kappa shape index (κ3) is 3.79. The smallest absolute Gasteiger partial charge is 0.338 e. The van der Waals surface area contributed by atoms with Gasteiger partial charge in [-0.25, -0.2) is 4.79 Å². The van der Waals surface area contributed by atoms with E-state index in [0.717, 1.165) is 0 Å². The summed E-state index contributed by atoms with van der Waals surface area (Å²) in [5.41, 5.74) is -4.21. The Kier molecular flexibility index (Phi) is 6.81. The summed E-state index contributed by atoms with van der Waals surface area (Å²) in [6.45, 7) is 12.4. The predicted molar refractivity (Wildman–Crippen MR) is 148 cm³/mol. The van der Waals surface area contributed by atoms with E-state index in [2.05, 4.69) is 6.58 Å². The Hall–Kier alpha value is -2.60. The minimum Gasteiger partial charge on any atom is -0.455 e. The maximum absolute atomic E-state index is 13.8. The van der Waals surface area contributed by atoms with Gasteiger partial charge in [0, 0.05) is 30.6 Å². The molecule has 10 nitrogen and oxygen atoms in total. The minimum atomic E-state index is -1.90. The molecule has 1 aromatic rings. The van der Waals surface area contributed by atoms with Gasteiger partial charge in [0.05, 0.1) is 36.4 Å². The Morgan fingerprint density at radius 1 is 1.12 bits per heavy atom. The maximum atomic E-state index is 13.8. The van der Waals surface area contributed by atoms with E-state index in [9.17, 15) is 24.9 Å². The fraction of sp³-hybridized carbons (Fsp3) is 0.625. The van der Waals surface area contributed by atoms with Crippen molar-refractivity contribution in [3.8, 4) is 0 Å². The molecule has 0 radical (unpaired) electrons. The number of ether oxygens (including phenoxy) is 5. The molecule has 42 heavy (non-hydrogen) atoms. The minimum absolute atomic E-state index is 0.0342. The number of hydrogen-bond acceptors (Lipinski definition) is 10. The number of esters is 2. The largest absolute Gasteiger partial charge is 0.455 e. The Balaban J connectivity index is 1.65. The highest BCUT2D eigenvalue weighted by molar-refractivity contribution is 5.89. The van der Waals surface area contributed by atoms with Crippen molar-refractivity contribution in [3.05, 3.63) is 59.7 Å². The number of carbonyl (C=O) groups excluding carboxylic acids is 2. The molecule has 4 fully saturated rings. The summed E-state index contributed by atoms with van der Waals surface area (Å²) < 4.78 is 31.2. The van der Waals surface area contributed by atoms with Crippen LogP contribution < -0.4 is 0 Å². The van der Waals surface area contributed by atoms with Gasteiger partial charge < -0.3 is 39.0 Å². The van der Waals surface area contributed by atoms with Crippen LogP contribution in [0, 0.1) is 16.7 Å². The molecule has 2 heterocycles. The molecular formula is C32H40O10. The van der Waals surface area contributed by atoms with Gasteiger partial charge in [-0.15, -0.1) is 0 Å². The van der Waals surface area contributed by atoms with E-state index in [0.29, 0.717) is 11.1 Å². The molecule has 2 saturated heterocycles. The quantitative estimate of drug-likeness (QED) is 0.357. The van der Waals surface area contributed by atoms with Crippen LogP contribution in [-0.2, 0) is 28.5 Å². The summed E-state index contributed by atoms with van der Waals surface area (Å²) in [5.74, 6) is -2.30. The highest BCUT2D eigenvalue weighted by Gasteiger charge is 2.78. The van der Waals surface area contributed by atoms with Crippen molar-refractivity contribution in [2.75, 3.05) is 6.61 Å². The predicted octanol–water partition coefficient (Wildman–Crippen LogP) is 2.45. The molecule has 10 heteroatoms. The lowest BCUT2D eigenvalue weighted by molar-refractivity contribution is -0.361. The van der Waals surface area contributed by atoms with E-state index in [1.807, 2.05) is 20.8 Å². The Bertz CT molecular complexity index is 1320. The van der Waals surface area contributed by atoms with E-state index >= 15 is 0 Å². The normalized spacial score (nSPS) is 45.2. The lowest BCUT2D eigenvalue weighted by Gasteiger charge is -2.68. The molecule has 3 N–H and O–H groups in total. The first-order valence-corrected chi connectivity index (χ1v) is 14.5. The van der Waals surface area contributed by atoms with Crippen molar-refractivity contribution in [2.24, 2.45) is 16.7 Å². The molecule has 3 aliphatic carbocycles.